The van der Waals surface area contributed by atoms with Gasteiger partial charge in [-0.3, -0.25) is 4.79 Å². The lowest BCUT2D eigenvalue weighted by atomic mass is 10.2. The van der Waals surface area contributed by atoms with Gasteiger partial charge in [0.15, 0.2) is 0 Å². The Bertz CT molecular complexity index is 625. The van der Waals surface area contributed by atoms with E-state index in [1.807, 2.05) is 12.1 Å². The van der Waals surface area contributed by atoms with Gasteiger partial charge in [0.1, 0.15) is 5.82 Å². The second-order valence-electron chi connectivity index (χ2n) is 3.68. The van der Waals surface area contributed by atoms with Gasteiger partial charge in [-0.1, -0.05) is 35.3 Å². The summed E-state index contributed by atoms with van der Waals surface area (Å²) in [5, 5.41) is 2.71. The van der Waals surface area contributed by atoms with Crippen LogP contribution in [0.15, 0.2) is 36.4 Å². The summed E-state index contributed by atoms with van der Waals surface area (Å²) in [5.41, 5.74) is 0.703. The van der Waals surface area contributed by atoms with E-state index in [9.17, 15) is 9.18 Å². The molecular formula is C13H7Cl2FINO. The topological polar surface area (TPSA) is 29.1 Å². The number of hydrogen-bond donors (Lipinski definition) is 1. The van der Waals surface area contributed by atoms with Crippen LogP contribution in [0.1, 0.15) is 10.4 Å². The number of hydrogen-bond acceptors (Lipinski definition) is 1. The quantitative estimate of drug-likeness (QED) is 0.695. The van der Waals surface area contributed by atoms with Crippen LogP contribution >= 0.6 is 45.8 Å². The molecular weight excluding hydrogens is 403 g/mol. The lowest BCUT2D eigenvalue weighted by molar-refractivity contribution is 0.102. The van der Waals surface area contributed by atoms with Crippen molar-refractivity contribution in [3.8, 4) is 0 Å². The summed E-state index contributed by atoms with van der Waals surface area (Å²) < 4.78 is 13.8. The number of benzene rings is 2. The highest BCUT2D eigenvalue weighted by Crippen LogP contribution is 2.31. The average Bonchev–Trinajstić information content (AvgIpc) is 2.34. The molecule has 2 rings (SSSR count). The summed E-state index contributed by atoms with van der Waals surface area (Å²) >= 11 is 13.8. The van der Waals surface area contributed by atoms with Crippen molar-refractivity contribution in [1.82, 2.24) is 0 Å². The first-order valence-electron chi connectivity index (χ1n) is 5.19. The summed E-state index contributed by atoms with van der Waals surface area (Å²) in [5.74, 6) is -0.900. The second kappa shape index (κ2) is 6.07. The van der Waals surface area contributed by atoms with Gasteiger partial charge < -0.3 is 5.32 Å². The van der Waals surface area contributed by atoms with Crippen molar-refractivity contribution in [3.05, 3.63) is 61.4 Å². The molecule has 2 aromatic rings. The van der Waals surface area contributed by atoms with Crippen molar-refractivity contribution in [2.75, 3.05) is 5.32 Å². The van der Waals surface area contributed by atoms with Crippen LogP contribution in [-0.2, 0) is 0 Å². The highest BCUT2D eigenvalue weighted by molar-refractivity contribution is 14.1. The minimum Gasteiger partial charge on any atom is -0.319 e. The van der Waals surface area contributed by atoms with Gasteiger partial charge in [-0.15, -0.1) is 0 Å². The van der Waals surface area contributed by atoms with E-state index in [-0.39, 0.29) is 21.6 Å². The Morgan fingerprint density at radius 2 is 1.74 bits per heavy atom. The number of carbonyl (C=O) groups excluding carboxylic acids is 1. The normalized spacial score (nSPS) is 10.3. The molecule has 98 valence electrons. The van der Waals surface area contributed by atoms with E-state index in [4.69, 9.17) is 23.2 Å². The van der Waals surface area contributed by atoms with Gasteiger partial charge in [-0.25, -0.2) is 4.39 Å². The molecule has 0 atom stereocenters. The fourth-order valence-corrected chi connectivity index (χ4v) is 2.68. The van der Waals surface area contributed by atoms with Crippen molar-refractivity contribution < 1.29 is 9.18 Å². The van der Waals surface area contributed by atoms with Crippen LogP contribution in [-0.4, -0.2) is 5.91 Å². The Labute approximate surface area is 133 Å². The van der Waals surface area contributed by atoms with Gasteiger partial charge in [0.2, 0.25) is 0 Å². The first kappa shape index (κ1) is 14.6. The van der Waals surface area contributed by atoms with Crippen LogP contribution < -0.4 is 5.32 Å². The molecule has 0 fully saturated rings. The maximum Gasteiger partial charge on any atom is 0.256 e. The van der Waals surface area contributed by atoms with E-state index < -0.39 is 5.82 Å². The predicted octanol–water partition coefficient (Wildman–Crippen LogP) is 4.99. The lowest BCUT2D eigenvalue weighted by Gasteiger charge is -2.10. The van der Waals surface area contributed by atoms with Crippen LogP contribution in [0.25, 0.3) is 0 Å². The molecule has 0 aromatic heterocycles. The third-order valence-electron chi connectivity index (χ3n) is 2.36. The first-order valence-corrected chi connectivity index (χ1v) is 7.03. The first-order chi connectivity index (χ1) is 8.99. The van der Waals surface area contributed by atoms with Crippen molar-refractivity contribution in [1.29, 1.82) is 0 Å². The highest BCUT2D eigenvalue weighted by Gasteiger charge is 2.14. The zero-order valence-electron chi connectivity index (χ0n) is 9.38. The maximum absolute atomic E-state index is 13.1. The number of rotatable bonds is 2. The third kappa shape index (κ3) is 3.38. The van der Waals surface area contributed by atoms with E-state index in [0.717, 1.165) is 15.7 Å². The molecule has 0 aliphatic carbocycles. The van der Waals surface area contributed by atoms with Gasteiger partial charge in [0, 0.05) is 3.57 Å². The average molecular weight is 410 g/mol. The predicted molar refractivity (Wildman–Crippen MR) is 83.5 cm³/mol. The van der Waals surface area contributed by atoms with Crippen LogP contribution in [0, 0.1) is 9.39 Å². The van der Waals surface area contributed by atoms with E-state index in [1.165, 1.54) is 0 Å². The molecule has 0 bridgehead atoms. The Morgan fingerprint density at radius 3 is 2.32 bits per heavy atom. The Balaban J connectivity index is 2.32. The summed E-state index contributed by atoms with van der Waals surface area (Å²) in [4.78, 5) is 12.1. The van der Waals surface area contributed by atoms with Crippen LogP contribution in [0.3, 0.4) is 0 Å². The molecule has 6 heteroatoms. The molecule has 0 aliphatic heterocycles. The van der Waals surface area contributed by atoms with Gasteiger partial charge in [0.25, 0.3) is 5.91 Å². The van der Waals surface area contributed by atoms with Gasteiger partial charge in [-0.05, 0) is 46.9 Å². The molecule has 0 radical (unpaired) electrons. The molecule has 0 heterocycles. The van der Waals surface area contributed by atoms with Crippen molar-refractivity contribution in [2.45, 2.75) is 0 Å². The van der Waals surface area contributed by atoms with Crippen molar-refractivity contribution in [2.24, 2.45) is 0 Å². The fraction of sp³-hybridized carbons (Fsp3) is 0. The Kier molecular flexibility index (Phi) is 4.65. The molecule has 0 spiro atoms. The Morgan fingerprint density at radius 1 is 1.16 bits per heavy atom. The van der Waals surface area contributed by atoms with Crippen LogP contribution in [0.2, 0.25) is 10.0 Å². The summed E-state index contributed by atoms with van der Waals surface area (Å²) in [7, 11) is 0. The number of anilines is 1. The minimum absolute atomic E-state index is 0.0595. The Hall–Kier alpha value is -0.850. The molecule has 2 aromatic carbocycles. The van der Waals surface area contributed by atoms with E-state index in [1.54, 1.807) is 12.1 Å². The smallest absolute Gasteiger partial charge is 0.256 e. The van der Waals surface area contributed by atoms with E-state index in [0.29, 0.717) is 5.56 Å². The largest absolute Gasteiger partial charge is 0.319 e. The molecule has 19 heavy (non-hydrogen) atoms. The minimum atomic E-state index is -0.553. The molecule has 0 unspecified atom stereocenters. The van der Waals surface area contributed by atoms with Gasteiger partial charge in [-0.2, -0.15) is 0 Å². The number of carbonyl (C=O) groups is 1. The number of nitrogens with one attached hydrogen (secondary N) is 1. The number of halogens is 4. The second-order valence-corrected chi connectivity index (χ2v) is 5.65. The third-order valence-corrected chi connectivity index (χ3v) is 3.90. The zero-order valence-corrected chi connectivity index (χ0v) is 13.1. The monoisotopic (exact) mass is 409 g/mol. The van der Waals surface area contributed by atoms with Crippen molar-refractivity contribution >= 4 is 57.4 Å². The van der Waals surface area contributed by atoms with Crippen molar-refractivity contribution in [3.63, 3.8) is 0 Å². The molecule has 0 saturated heterocycles. The molecule has 2 nitrogen and oxygen atoms in total. The van der Waals surface area contributed by atoms with Gasteiger partial charge >= 0.3 is 0 Å². The molecule has 1 N–H and O–H groups in total. The zero-order chi connectivity index (χ0) is 14.0. The van der Waals surface area contributed by atoms with E-state index in [2.05, 4.69) is 27.9 Å². The summed E-state index contributed by atoms with van der Waals surface area (Å²) in [6.07, 6.45) is 0. The SMILES string of the molecule is O=C(Nc1c(Cl)cc(F)cc1Cl)c1ccccc1I. The van der Waals surface area contributed by atoms with Crippen LogP contribution in [0.5, 0.6) is 0 Å². The molecule has 1 amide bonds. The van der Waals surface area contributed by atoms with E-state index >= 15 is 0 Å². The molecule has 0 aliphatic rings. The summed E-state index contributed by atoms with van der Waals surface area (Å²) in [6.45, 7) is 0. The standard InChI is InChI=1S/C13H7Cl2FINO/c14-9-5-7(16)6-10(15)12(9)18-13(19)8-3-1-2-4-11(8)17/h1-6H,(H,18,19). The van der Waals surface area contributed by atoms with Gasteiger partial charge in [0.05, 0.1) is 21.3 Å². The van der Waals surface area contributed by atoms with Crippen LogP contribution in [0.4, 0.5) is 10.1 Å². The lowest BCUT2D eigenvalue weighted by Crippen LogP contribution is -2.14. The highest BCUT2D eigenvalue weighted by atomic mass is 127. The maximum atomic E-state index is 13.1. The number of amides is 1. The molecule has 0 saturated carbocycles. The fourth-order valence-electron chi connectivity index (χ4n) is 1.49. The summed E-state index contributed by atoms with van der Waals surface area (Å²) in [6, 6.07) is 9.27.